The Labute approximate surface area is 76.7 Å². The molecule has 1 heterocycles. The van der Waals surface area contributed by atoms with Crippen LogP contribution in [-0.2, 0) is 0 Å². The topological polar surface area (TPSA) is 17.1 Å². The van der Waals surface area contributed by atoms with Gasteiger partial charge in [0.1, 0.15) is 0 Å². The summed E-state index contributed by atoms with van der Waals surface area (Å²) < 4.78 is 0. The van der Waals surface area contributed by atoms with Crippen LogP contribution in [0.3, 0.4) is 0 Å². The first-order chi connectivity index (χ1) is 5.61. The van der Waals surface area contributed by atoms with E-state index in [1.165, 1.54) is 11.3 Å². The molecule has 0 saturated carbocycles. The average Bonchev–Trinajstić information content (AvgIpc) is 2.33. The van der Waals surface area contributed by atoms with Crippen LogP contribution in [0.1, 0.15) is 29.1 Å². The monoisotopic (exact) mass is 180 g/mol. The molecule has 0 aliphatic carbocycles. The van der Waals surface area contributed by atoms with E-state index in [1.54, 1.807) is 6.08 Å². The lowest BCUT2D eigenvalue weighted by Crippen LogP contribution is -1.93. The summed E-state index contributed by atoms with van der Waals surface area (Å²) in [7, 11) is 0. The molecule has 1 aromatic rings. The molecule has 0 aromatic carbocycles. The van der Waals surface area contributed by atoms with Crippen LogP contribution in [0.2, 0.25) is 0 Å². The SMILES string of the molecule is CC(C)=CC(=O)c1sccc1C. The van der Waals surface area contributed by atoms with Crippen LogP contribution in [0, 0.1) is 6.92 Å². The minimum atomic E-state index is 0.127. The fourth-order valence-electron chi connectivity index (χ4n) is 0.953. The van der Waals surface area contributed by atoms with Crippen LogP contribution >= 0.6 is 11.3 Å². The molecule has 0 saturated heterocycles. The molecule has 1 rings (SSSR count). The maximum Gasteiger partial charge on any atom is 0.195 e. The van der Waals surface area contributed by atoms with Crippen LogP contribution < -0.4 is 0 Å². The van der Waals surface area contributed by atoms with Crippen molar-refractivity contribution in [1.82, 2.24) is 0 Å². The molecule has 0 amide bonds. The average molecular weight is 180 g/mol. The molecular weight excluding hydrogens is 168 g/mol. The second-order valence-corrected chi connectivity index (χ2v) is 3.93. The zero-order valence-electron chi connectivity index (χ0n) is 7.55. The molecule has 0 aliphatic heterocycles. The minimum absolute atomic E-state index is 0.127. The van der Waals surface area contributed by atoms with E-state index in [2.05, 4.69) is 0 Å². The maximum absolute atomic E-state index is 11.5. The normalized spacial score (nSPS) is 9.58. The number of thiophene rings is 1. The molecule has 0 fully saturated rings. The zero-order valence-corrected chi connectivity index (χ0v) is 8.37. The number of aryl methyl sites for hydroxylation is 1. The molecule has 0 radical (unpaired) electrons. The second kappa shape index (κ2) is 3.68. The number of hydrogen-bond donors (Lipinski definition) is 0. The number of carbonyl (C=O) groups excluding carboxylic acids is 1. The zero-order chi connectivity index (χ0) is 9.14. The van der Waals surface area contributed by atoms with Crippen molar-refractivity contribution in [2.45, 2.75) is 20.8 Å². The van der Waals surface area contributed by atoms with Crippen molar-refractivity contribution in [1.29, 1.82) is 0 Å². The number of rotatable bonds is 2. The van der Waals surface area contributed by atoms with E-state index >= 15 is 0 Å². The number of ketones is 1. The molecule has 0 N–H and O–H groups in total. The molecule has 1 aromatic heterocycles. The van der Waals surface area contributed by atoms with E-state index in [4.69, 9.17) is 0 Å². The Kier molecular flexibility index (Phi) is 2.82. The van der Waals surface area contributed by atoms with E-state index in [9.17, 15) is 4.79 Å². The minimum Gasteiger partial charge on any atom is -0.288 e. The van der Waals surface area contributed by atoms with Gasteiger partial charge >= 0.3 is 0 Å². The van der Waals surface area contributed by atoms with Crippen molar-refractivity contribution in [2.24, 2.45) is 0 Å². The highest BCUT2D eigenvalue weighted by Crippen LogP contribution is 2.16. The highest BCUT2D eigenvalue weighted by molar-refractivity contribution is 7.12. The molecule has 1 nitrogen and oxygen atoms in total. The van der Waals surface area contributed by atoms with Gasteiger partial charge in [-0.1, -0.05) is 5.57 Å². The quantitative estimate of drug-likeness (QED) is 0.504. The van der Waals surface area contributed by atoms with Crippen LogP contribution in [-0.4, -0.2) is 5.78 Å². The van der Waals surface area contributed by atoms with Crippen molar-refractivity contribution in [2.75, 3.05) is 0 Å². The first-order valence-corrected chi connectivity index (χ1v) is 4.72. The van der Waals surface area contributed by atoms with Gasteiger partial charge in [-0.05, 0) is 43.9 Å². The molecule has 2 heteroatoms. The van der Waals surface area contributed by atoms with Crippen molar-refractivity contribution in [3.8, 4) is 0 Å². The van der Waals surface area contributed by atoms with Crippen molar-refractivity contribution in [3.63, 3.8) is 0 Å². The Balaban J connectivity index is 2.93. The molecule has 12 heavy (non-hydrogen) atoms. The lowest BCUT2D eigenvalue weighted by atomic mass is 10.2. The Morgan fingerprint density at radius 2 is 2.17 bits per heavy atom. The molecule has 0 bridgehead atoms. The van der Waals surface area contributed by atoms with Gasteiger partial charge in [0.05, 0.1) is 4.88 Å². The van der Waals surface area contributed by atoms with Gasteiger partial charge in [-0.25, -0.2) is 0 Å². The van der Waals surface area contributed by atoms with Crippen LogP contribution in [0.25, 0.3) is 0 Å². The van der Waals surface area contributed by atoms with E-state index in [0.717, 1.165) is 16.0 Å². The van der Waals surface area contributed by atoms with Gasteiger partial charge in [0.15, 0.2) is 5.78 Å². The Hall–Kier alpha value is -0.890. The lowest BCUT2D eigenvalue weighted by Gasteiger charge is -1.93. The molecule has 0 atom stereocenters. The maximum atomic E-state index is 11.5. The standard InChI is InChI=1S/C10H12OS/c1-7(2)6-9(11)10-8(3)4-5-12-10/h4-6H,1-3H3. The third-order valence-electron chi connectivity index (χ3n) is 1.51. The van der Waals surface area contributed by atoms with Crippen molar-refractivity contribution < 1.29 is 4.79 Å². The van der Waals surface area contributed by atoms with Crippen LogP contribution in [0.5, 0.6) is 0 Å². The van der Waals surface area contributed by atoms with Gasteiger partial charge in [-0.3, -0.25) is 4.79 Å². The summed E-state index contributed by atoms with van der Waals surface area (Å²) in [5, 5.41) is 1.95. The van der Waals surface area contributed by atoms with Gasteiger partial charge in [-0.2, -0.15) is 0 Å². The lowest BCUT2D eigenvalue weighted by molar-refractivity contribution is 0.104. The third-order valence-corrected chi connectivity index (χ3v) is 2.54. The van der Waals surface area contributed by atoms with Gasteiger partial charge < -0.3 is 0 Å². The predicted octanol–water partition coefficient (Wildman–Crippen LogP) is 3.21. The third kappa shape index (κ3) is 2.05. The van der Waals surface area contributed by atoms with E-state index in [1.807, 2.05) is 32.2 Å². The molecule has 0 aliphatic rings. The van der Waals surface area contributed by atoms with Crippen molar-refractivity contribution >= 4 is 17.1 Å². The van der Waals surface area contributed by atoms with Crippen LogP contribution in [0.4, 0.5) is 0 Å². The van der Waals surface area contributed by atoms with Crippen molar-refractivity contribution in [3.05, 3.63) is 33.5 Å². The van der Waals surface area contributed by atoms with E-state index in [-0.39, 0.29) is 5.78 Å². The summed E-state index contributed by atoms with van der Waals surface area (Å²) in [5.41, 5.74) is 2.12. The molecule has 0 unspecified atom stereocenters. The molecular formula is C10H12OS. The number of carbonyl (C=O) groups is 1. The predicted molar refractivity (Wildman–Crippen MR) is 52.8 cm³/mol. The summed E-state index contributed by atoms with van der Waals surface area (Å²) in [4.78, 5) is 12.3. The summed E-state index contributed by atoms with van der Waals surface area (Å²) >= 11 is 1.51. The Bertz CT molecular complexity index is 316. The number of allylic oxidation sites excluding steroid dienone is 2. The highest BCUT2D eigenvalue weighted by atomic mass is 32.1. The molecule has 0 spiro atoms. The summed E-state index contributed by atoms with van der Waals surface area (Å²) in [6.45, 7) is 5.82. The van der Waals surface area contributed by atoms with Gasteiger partial charge in [-0.15, -0.1) is 11.3 Å². The fraction of sp³-hybridized carbons (Fsp3) is 0.300. The van der Waals surface area contributed by atoms with E-state index in [0.29, 0.717) is 0 Å². The summed E-state index contributed by atoms with van der Waals surface area (Å²) in [6, 6.07) is 1.97. The first kappa shape index (κ1) is 9.20. The van der Waals surface area contributed by atoms with Gasteiger partial charge in [0.25, 0.3) is 0 Å². The fourth-order valence-corrected chi connectivity index (χ4v) is 1.79. The second-order valence-electron chi connectivity index (χ2n) is 3.02. The van der Waals surface area contributed by atoms with Gasteiger partial charge in [0, 0.05) is 0 Å². The Morgan fingerprint density at radius 3 is 2.58 bits per heavy atom. The highest BCUT2D eigenvalue weighted by Gasteiger charge is 2.06. The Morgan fingerprint density at radius 1 is 1.50 bits per heavy atom. The van der Waals surface area contributed by atoms with E-state index < -0.39 is 0 Å². The number of hydrogen-bond acceptors (Lipinski definition) is 2. The smallest absolute Gasteiger partial charge is 0.195 e. The van der Waals surface area contributed by atoms with Crippen LogP contribution in [0.15, 0.2) is 23.1 Å². The summed E-state index contributed by atoms with van der Waals surface area (Å²) in [5.74, 6) is 0.127. The van der Waals surface area contributed by atoms with Gasteiger partial charge in [0.2, 0.25) is 0 Å². The molecule has 64 valence electrons. The first-order valence-electron chi connectivity index (χ1n) is 3.84. The summed E-state index contributed by atoms with van der Waals surface area (Å²) in [6.07, 6.45) is 1.68. The largest absolute Gasteiger partial charge is 0.288 e.